The number of nitrogens with zero attached hydrogens (tertiary/aromatic N) is 2. The van der Waals surface area contributed by atoms with Crippen LogP contribution in [0.2, 0.25) is 0 Å². The second-order valence-electron chi connectivity index (χ2n) is 6.54. The SMILES string of the molecule is Nc1ccc(CCCc2ccc(N)cc2N)c(N)c1.Nc1nc(N)c(N)c(N)n1. The lowest BCUT2D eigenvalue weighted by Crippen LogP contribution is -2.07. The maximum absolute atomic E-state index is 5.93. The molecule has 0 radical (unpaired) electrons. The van der Waals surface area contributed by atoms with Crippen LogP contribution in [0.1, 0.15) is 17.5 Å². The number of hydrogen-bond donors (Lipinski definition) is 8. The third kappa shape index (κ3) is 5.96. The van der Waals surface area contributed by atoms with Gasteiger partial charge in [0.25, 0.3) is 0 Å². The number of aromatic nitrogens is 2. The quantitative estimate of drug-likeness (QED) is 0.291. The highest BCUT2D eigenvalue weighted by Crippen LogP contribution is 2.21. The topological polar surface area (TPSA) is 234 Å². The minimum Gasteiger partial charge on any atom is -0.399 e. The molecule has 2 aromatic carbocycles. The van der Waals surface area contributed by atoms with Crippen LogP contribution in [-0.2, 0) is 12.8 Å². The summed E-state index contributed by atoms with van der Waals surface area (Å²) in [6, 6.07) is 11.3. The van der Waals surface area contributed by atoms with E-state index in [1.807, 2.05) is 24.3 Å². The minimum atomic E-state index is 0.0317. The first-order valence-electron chi connectivity index (χ1n) is 8.89. The first kappa shape index (κ1) is 21.2. The van der Waals surface area contributed by atoms with E-state index in [0.29, 0.717) is 11.4 Å². The number of rotatable bonds is 4. The Hall–Kier alpha value is -4.08. The van der Waals surface area contributed by atoms with Gasteiger partial charge in [-0.15, -0.1) is 0 Å². The average molecular weight is 397 g/mol. The van der Waals surface area contributed by atoms with Gasteiger partial charge in [0.1, 0.15) is 5.69 Å². The zero-order valence-electron chi connectivity index (χ0n) is 16.1. The maximum Gasteiger partial charge on any atom is 0.224 e. The summed E-state index contributed by atoms with van der Waals surface area (Å²) in [6.07, 6.45) is 2.81. The van der Waals surface area contributed by atoms with E-state index in [9.17, 15) is 0 Å². The molecular formula is C19H28N10. The Labute approximate surface area is 169 Å². The Morgan fingerprint density at radius 3 is 1.38 bits per heavy atom. The summed E-state index contributed by atoms with van der Waals surface area (Å²) in [7, 11) is 0. The predicted molar refractivity (Wildman–Crippen MR) is 122 cm³/mol. The van der Waals surface area contributed by atoms with E-state index >= 15 is 0 Å². The van der Waals surface area contributed by atoms with Gasteiger partial charge in [-0.3, -0.25) is 0 Å². The summed E-state index contributed by atoms with van der Waals surface area (Å²) in [5, 5.41) is 0. The molecule has 10 nitrogen and oxygen atoms in total. The molecular weight excluding hydrogens is 368 g/mol. The molecule has 0 aliphatic heterocycles. The standard InChI is InChI=1S/C15H20N4.C4H8N6/c16-12-6-4-10(14(18)8-12)2-1-3-11-5-7-13(17)9-15(11)19;5-1-2(6)9-4(8)10-3(1)7/h4-9H,1-3,16-19H2;5H2,(H6,6,7,8,9,10). The number of hydrogen-bond acceptors (Lipinski definition) is 10. The van der Waals surface area contributed by atoms with Crippen molar-refractivity contribution in [2.75, 3.05) is 45.9 Å². The summed E-state index contributed by atoms with van der Waals surface area (Å²) in [6.45, 7) is 0. The lowest BCUT2D eigenvalue weighted by molar-refractivity contribution is 0.824. The highest BCUT2D eigenvalue weighted by Gasteiger charge is 2.03. The second-order valence-corrected chi connectivity index (χ2v) is 6.54. The van der Waals surface area contributed by atoms with Crippen molar-refractivity contribution >= 4 is 46.0 Å². The number of nitrogens with two attached hydrogens (primary N) is 8. The molecule has 29 heavy (non-hydrogen) atoms. The van der Waals surface area contributed by atoms with E-state index in [0.717, 1.165) is 41.8 Å². The van der Waals surface area contributed by atoms with Crippen molar-refractivity contribution in [3.63, 3.8) is 0 Å². The van der Waals surface area contributed by atoms with Crippen molar-refractivity contribution in [3.05, 3.63) is 47.5 Å². The molecule has 16 N–H and O–H groups in total. The van der Waals surface area contributed by atoms with E-state index in [-0.39, 0.29) is 23.3 Å². The molecule has 0 spiro atoms. The number of anilines is 8. The van der Waals surface area contributed by atoms with Gasteiger partial charge in [0.2, 0.25) is 5.95 Å². The second kappa shape index (κ2) is 9.22. The molecule has 154 valence electrons. The largest absolute Gasteiger partial charge is 0.399 e. The molecule has 0 fully saturated rings. The van der Waals surface area contributed by atoms with Gasteiger partial charge < -0.3 is 45.9 Å². The Morgan fingerprint density at radius 1 is 0.586 bits per heavy atom. The summed E-state index contributed by atoms with van der Waals surface area (Å²) in [5.74, 6) is 0.263. The number of benzene rings is 2. The molecule has 0 atom stereocenters. The molecule has 3 aromatic rings. The van der Waals surface area contributed by atoms with Crippen molar-refractivity contribution in [2.45, 2.75) is 19.3 Å². The van der Waals surface area contributed by atoms with Crippen LogP contribution in [0.3, 0.4) is 0 Å². The molecule has 0 saturated carbocycles. The van der Waals surface area contributed by atoms with E-state index in [4.69, 9.17) is 45.9 Å². The number of aryl methyl sites for hydroxylation is 2. The van der Waals surface area contributed by atoms with Crippen LogP contribution < -0.4 is 45.9 Å². The molecule has 0 saturated heterocycles. The van der Waals surface area contributed by atoms with Gasteiger partial charge >= 0.3 is 0 Å². The summed E-state index contributed by atoms with van der Waals surface area (Å²) in [4.78, 5) is 7.15. The van der Waals surface area contributed by atoms with Crippen LogP contribution in [0, 0.1) is 0 Å². The van der Waals surface area contributed by atoms with Gasteiger partial charge in [-0.05, 0) is 54.7 Å². The van der Waals surface area contributed by atoms with Crippen LogP contribution in [0.5, 0.6) is 0 Å². The molecule has 10 heteroatoms. The predicted octanol–water partition coefficient (Wildman–Crippen LogP) is 0.996. The van der Waals surface area contributed by atoms with Gasteiger partial charge in [0, 0.05) is 22.7 Å². The zero-order chi connectivity index (χ0) is 21.6. The Morgan fingerprint density at radius 2 is 1.00 bits per heavy atom. The maximum atomic E-state index is 5.93. The van der Waals surface area contributed by atoms with Crippen molar-refractivity contribution in [1.82, 2.24) is 9.97 Å². The molecule has 0 aliphatic carbocycles. The van der Waals surface area contributed by atoms with Crippen LogP contribution in [0.4, 0.5) is 46.0 Å². The lowest BCUT2D eigenvalue weighted by Gasteiger charge is -2.08. The van der Waals surface area contributed by atoms with E-state index in [1.54, 1.807) is 12.1 Å². The molecule has 1 aromatic heterocycles. The molecule has 1 heterocycles. The summed E-state index contributed by atoms with van der Waals surface area (Å²) >= 11 is 0. The van der Waals surface area contributed by atoms with Crippen molar-refractivity contribution in [3.8, 4) is 0 Å². The van der Waals surface area contributed by atoms with Crippen molar-refractivity contribution < 1.29 is 0 Å². The molecule has 0 aliphatic rings. The molecule has 0 bridgehead atoms. The minimum absolute atomic E-state index is 0.0317. The van der Waals surface area contributed by atoms with Crippen molar-refractivity contribution in [1.29, 1.82) is 0 Å². The Kier molecular flexibility index (Phi) is 6.75. The smallest absolute Gasteiger partial charge is 0.224 e. The van der Waals surface area contributed by atoms with Gasteiger partial charge in [-0.2, -0.15) is 9.97 Å². The number of nitrogen functional groups attached to an aromatic ring is 8. The normalized spacial score (nSPS) is 10.2. The Balaban J connectivity index is 0.000000253. The Bertz CT molecular complexity index is 912. The van der Waals surface area contributed by atoms with E-state index in [1.165, 1.54) is 0 Å². The van der Waals surface area contributed by atoms with Gasteiger partial charge in [0.15, 0.2) is 11.6 Å². The van der Waals surface area contributed by atoms with Crippen LogP contribution in [0.15, 0.2) is 36.4 Å². The van der Waals surface area contributed by atoms with Gasteiger partial charge in [-0.25, -0.2) is 0 Å². The highest BCUT2D eigenvalue weighted by atomic mass is 15.1. The van der Waals surface area contributed by atoms with Crippen molar-refractivity contribution in [2.24, 2.45) is 0 Å². The van der Waals surface area contributed by atoms with Gasteiger partial charge in [0.05, 0.1) is 0 Å². The van der Waals surface area contributed by atoms with Crippen LogP contribution in [0.25, 0.3) is 0 Å². The molecule has 0 amide bonds. The third-order valence-electron chi connectivity index (χ3n) is 4.25. The fourth-order valence-corrected chi connectivity index (χ4v) is 2.67. The highest BCUT2D eigenvalue weighted by molar-refractivity contribution is 5.72. The zero-order valence-corrected chi connectivity index (χ0v) is 16.1. The van der Waals surface area contributed by atoms with Gasteiger partial charge in [-0.1, -0.05) is 12.1 Å². The first-order chi connectivity index (χ1) is 13.7. The summed E-state index contributed by atoms with van der Waals surface area (Å²) < 4.78 is 0. The lowest BCUT2D eigenvalue weighted by atomic mass is 10.0. The fourth-order valence-electron chi connectivity index (χ4n) is 2.67. The molecule has 0 unspecified atom stereocenters. The molecule has 3 rings (SSSR count). The van der Waals surface area contributed by atoms with E-state index < -0.39 is 0 Å². The summed E-state index contributed by atoms with van der Waals surface area (Å²) in [5.41, 5.74) is 49.6. The van der Waals surface area contributed by atoms with E-state index in [2.05, 4.69) is 9.97 Å². The van der Waals surface area contributed by atoms with Crippen LogP contribution >= 0.6 is 0 Å². The third-order valence-corrected chi connectivity index (χ3v) is 4.25. The first-order valence-corrected chi connectivity index (χ1v) is 8.89. The monoisotopic (exact) mass is 396 g/mol. The van der Waals surface area contributed by atoms with Crippen LogP contribution in [-0.4, -0.2) is 9.97 Å². The average Bonchev–Trinajstić information content (AvgIpc) is 2.63. The fraction of sp³-hybridized carbons (Fsp3) is 0.158.